The van der Waals surface area contributed by atoms with Crippen LogP contribution >= 0.6 is 0 Å². The van der Waals surface area contributed by atoms with Gasteiger partial charge >= 0.3 is 5.97 Å². The van der Waals surface area contributed by atoms with Crippen molar-refractivity contribution in [3.05, 3.63) is 101 Å². The second-order valence-corrected chi connectivity index (χ2v) is 7.24. The number of carbonyl (C=O) groups excluding carboxylic acids is 4. The van der Waals surface area contributed by atoms with Gasteiger partial charge in [0.05, 0.1) is 12.0 Å². The Hall–Kier alpha value is -4.06. The number of ketones is 2. The minimum atomic E-state index is -0.650. The van der Waals surface area contributed by atoms with E-state index in [0.29, 0.717) is 16.7 Å². The van der Waals surface area contributed by atoms with Crippen LogP contribution in [0.15, 0.2) is 72.8 Å². The molecule has 0 spiro atoms. The van der Waals surface area contributed by atoms with Crippen molar-refractivity contribution in [2.75, 3.05) is 18.6 Å². The van der Waals surface area contributed by atoms with E-state index in [2.05, 4.69) is 0 Å². The van der Waals surface area contributed by atoms with Gasteiger partial charge in [-0.3, -0.25) is 14.4 Å². The number of ether oxygens (including phenoxy) is 1. The maximum Gasteiger partial charge on any atom is 0.338 e. The average Bonchev–Trinajstić information content (AvgIpc) is 3.10. The zero-order valence-electron chi connectivity index (χ0n) is 16.8. The van der Waals surface area contributed by atoms with Crippen molar-refractivity contribution < 1.29 is 23.9 Å². The molecule has 1 heterocycles. The highest BCUT2D eigenvalue weighted by molar-refractivity contribution is 6.09. The summed E-state index contributed by atoms with van der Waals surface area (Å²) in [4.78, 5) is 50.5. The van der Waals surface area contributed by atoms with E-state index in [9.17, 15) is 19.2 Å². The first-order valence-corrected chi connectivity index (χ1v) is 9.73. The summed E-state index contributed by atoms with van der Waals surface area (Å²) >= 11 is 0. The number of fused-ring (bicyclic) bond motifs is 1. The van der Waals surface area contributed by atoms with E-state index in [1.54, 1.807) is 66.5 Å². The molecule has 6 heteroatoms. The van der Waals surface area contributed by atoms with Gasteiger partial charge in [-0.05, 0) is 35.9 Å². The predicted octanol–water partition coefficient (Wildman–Crippen LogP) is 3.48. The van der Waals surface area contributed by atoms with Gasteiger partial charge in [-0.1, -0.05) is 42.5 Å². The molecule has 0 atom stereocenters. The number of rotatable bonds is 6. The van der Waals surface area contributed by atoms with Crippen LogP contribution in [-0.2, 0) is 16.0 Å². The second-order valence-electron chi connectivity index (χ2n) is 7.24. The van der Waals surface area contributed by atoms with E-state index in [1.807, 2.05) is 6.07 Å². The Bertz CT molecular complexity index is 1180. The lowest BCUT2D eigenvalue weighted by Crippen LogP contribution is -2.20. The number of amides is 1. The summed E-state index contributed by atoms with van der Waals surface area (Å²) in [5.41, 5.74) is 3.21. The van der Waals surface area contributed by atoms with Gasteiger partial charge in [0.1, 0.15) is 0 Å². The van der Waals surface area contributed by atoms with Gasteiger partial charge in [-0.25, -0.2) is 4.79 Å². The highest BCUT2D eigenvalue weighted by Crippen LogP contribution is 2.28. The Morgan fingerprint density at radius 3 is 2.16 bits per heavy atom. The monoisotopic (exact) mass is 413 g/mol. The molecule has 3 aromatic carbocycles. The standard InChI is InChI=1S/C25H19NO5/c1-26-21-12-11-19(13-20(21)14-23(26)28)22(27)15-31-25(30)18-9-7-17(8-10-18)24(29)16-5-3-2-4-6-16/h2-13H,14-15H2,1H3. The van der Waals surface area contributed by atoms with Gasteiger partial charge in [0.2, 0.25) is 5.91 Å². The minimum absolute atomic E-state index is 0.0276. The number of benzene rings is 3. The molecule has 0 saturated carbocycles. The predicted molar refractivity (Wildman–Crippen MR) is 114 cm³/mol. The molecule has 0 unspecified atom stereocenters. The molecule has 4 rings (SSSR count). The number of nitrogens with zero attached hydrogens (tertiary/aromatic N) is 1. The maximum atomic E-state index is 12.4. The molecule has 3 aromatic rings. The van der Waals surface area contributed by atoms with Crippen LogP contribution in [0.4, 0.5) is 5.69 Å². The highest BCUT2D eigenvalue weighted by atomic mass is 16.5. The van der Waals surface area contributed by atoms with Crippen LogP contribution in [-0.4, -0.2) is 37.1 Å². The third-order valence-electron chi connectivity index (χ3n) is 5.23. The highest BCUT2D eigenvalue weighted by Gasteiger charge is 2.25. The van der Waals surface area contributed by atoms with Gasteiger partial charge in [-0.15, -0.1) is 0 Å². The smallest absolute Gasteiger partial charge is 0.338 e. The molecule has 1 aliphatic heterocycles. The summed E-state index contributed by atoms with van der Waals surface area (Å²) in [5, 5.41) is 0. The van der Waals surface area contributed by atoms with Crippen LogP contribution in [0.1, 0.15) is 42.2 Å². The molecule has 1 aliphatic rings. The Balaban J connectivity index is 1.38. The lowest BCUT2D eigenvalue weighted by Gasteiger charge is -2.10. The molecule has 0 aliphatic carbocycles. The van der Waals surface area contributed by atoms with E-state index in [-0.39, 0.29) is 29.5 Å². The number of hydrogen-bond donors (Lipinski definition) is 0. The van der Waals surface area contributed by atoms with Gasteiger partial charge in [0.15, 0.2) is 18.2 Å². The first kappa shape index (κ1) is 20.2. The van der Waals surface area contributed by atoms with Gasteiger partial charge < -0.3 is 9.64 Å². The van der Waals surface area contributed by atoms with Crippen LogP contribution in [0.5, 0.6) is 0 Å². The summed E-state index contributed by atoms with van der Waals surface area (Å²) in [5.74, 6) is -1.17. The molecule has 0 fully saturated rings. The molecule has 0 radical (unpaired) electrons. The molecule has 154 valence electrons. The number of esters is 1. The fourth-order valence-electron chi connectivity index (χ4n) is 3.46. The van der Waals surface area contributed by atoms with E-state index in [0.717, 1.165) is 11.3 Å². The van der Waals surface area contributed by atoms with Crippen LogP contribution in [0.25, 0.3) is 0 Å². The van der Waals surface area contributed by atoms with Crippen molar-refractivity contribution in [3.63, 3.8) is 0 Å². The van der Waals surface area contributed by atoms with Gasteiger partial charge in [0.25, 0.3) is 0 Å². The summed E-state index contributed by atoms with van der Waals surface area (Å²) in [6.45, 7) is -0.411. The Morgan fingerprint density at radius 1 is 0.839 bits per heavy atom. The van der Waals surface area contributed by atoms with Crippen molar-refractivity contribution >= 4 is 29.1 Å². The van der Waals surface area contributed by atoms with E-state index >= 15 is 0 Å². The molecular weight excluding hydrogens is 394 g/mol. The first-order chi connectivity index (χ1) is 14.9. The Kier molecular flexibility index (Phi) is 5.45. The second kappa shape index (κ2) is 8.36. The molecular formula is C25H19NO5. The molecule has 31 heavy (non-hydrogen) atoms. The summed E-state index contributed by atoms with van der Waals surface area (Å²) < 4.78 is 5.14. The normalized spacial score (nSPS) is 12.4. The fourth-order valence-corrected chi connectivity index (χ4v) is 3.46. The number of hydrogen-bond acceptors (Lipinski definition) is 5. The molecule has 0 N–H and O–H groups in total. The number of likely N-dealkylation sites (N-methyl/N-ethyl adjacent to an activating group) is 1. The molecule has 0 aromatic heterocycles. The summed E-state index contributed by atoms with van der Waals surface area (Å²) in [6.07, 6.45) is 0.251. The minimum Gasteiger partial charge on any atom is -0.454 e. The zero-order chi connectivity index (χ0) is 22.0. The van der Waals surface area contributed by atoms with Crippen LogP contribution in [0.2, 0.25) is 0 Å². The van der Waals surface area contributed by atoms with E-state index in [4.69, 9.17) is 4.74 Å². The maximum absolute atomic E-state index is 12.4. The summed E-state index contributed by atoms with van der Waals surface area (Å²) in [6, 6.07) is 20.0. The fraction of sp³-hybridized carbons (Fsp3) is 0.120. The van der Waals surface area contributed by atoms with Crippen LogP contribution < -0.4 is 4.90 Å². The van der Waals surface area contributed by atoms with Crippen molar-refractivity contribution in [1.82, 2.24) is 0 Å². The van der Waals surface area contributed by atoms with Crippen LogP contribution in [0, 0.1) is 0 Å². The van der Waals surface area contributed by atoms with E-state index < -0.39 is 12.6 Å². The SMILES string of the molecule is CN1C(=O)Cc2cc(C(=O)COC(=O)c3ccc(C(=O)c4ccccc4)cc3)ccc21. The Morgan fingerprint density at radius 2 is 1.45 bits per heavy atom. The van der Waals surface area contributed by atoms with Crippen molar-refractivity contribution in [1.29, 1.82) is 0 Å². The van der Waals surface area contributed by atoms with Crippen molar-refractivity contribution in [2.24, 2.45) is 0 Å². The third-order valence-corrected chi connectivity index (χ3v) is 5.23. The Labute approximate surface area is 179 Å². The van der Waals surface area contributed by atoms with Gasteiger partial charge in [0, 0.05) is 29.4 Å². The zero-order valence-corrected chi connectivity index (χ0v) is 16.8. The largest absolute Gasteiger partial charge is 0.454 e. The summed E-state index contributed by atoms with van der Waals surface area (Å²) in [7, 11) is 1.69. The number of Topliss-reactive ketones (excluding diaryl/α,β-unsaturated/α-hetero) is 1. The average molecular weight is 413 g/mol. The molecule has 6 nitrogen and oxygen atoms in total. The van der Waals surface area contributed by atoms with Crippen LogP contribution in [0.3, 0.4) is 0 Å². The lowest BCUT2D eigenvalue weighted by atomic mass is 10.0. The first-order valence-electron chi connectivity index (χ1n) is 9.73. The van der Waals surface area contributed by atoms with Crippen molar-refractivity contribution in [3.8, 4) is 0 Å². The number of anilines is 1. The van der Waals surface area contributed by atoms with Crippen molar-refractivity contribution in [2.45, 2.75) is 6.42 Å². The molecule has 0 saturated heterocycles. The third kappa shape index (κ3) is 4.14. The molecule has 0 bridgehead atoms. The number of carbonyl (C=O) groups is 4. The molecule has 1 amide bonds. The topological polar surface area (TPSA) is 80.8 Å². The van der Waals surface area contributed by atoms with E-state index in [1.165, 1.54) is 12.1 Å². The lowest BCUT2D eigenvalue weighted by molar-refractivity contribution is -0.117. The van der Waals surface area contributed by atoms with Gasteiger partial charge in [-0.2, -0.15) is 0 Å². The quantitative estimate of drug-likeness (QED) is 0.457.